The Morgan fingerprint density at radius 3 is 2.17 bits per heavy atom. The summed E-state index contributed by atoms with van der Waals surface area (Å²) in [5.41, 5.74) is -0.0898. The van der Waals surface area contributed by atoms with E-state index in [1.54, 1.807) is 6.08 Å². The molecule has 3 aliphatic rings. The topological polar surface area (TPSA) is 175 Å². The number of amides is 6. The standard InChI is InChI=1S/C37H50F2N6O8/c1-21-33(49)45-15-9-11-29(45)36(52)53-20-27(34(50)44-14-8-10-28(44)35(51)43(6)22(2)31(47)40-21)42-32(48)26(18-23-16-24(38)19-25(39)17-23)41-30(46)12-7-13-37(3,4)5/h7,12,16-17,19,21-22,26-29H,8-11,13-15,18,20H2,1-6H3,(H,40,47)(H,41,46)(H,42,48)/b12-7+/t21-,22-,26-,27-,28-,29-/m0/s1. The van der Waals surface area contributed by atoms with E-state index < -0.39 is 95.9 Å². The quantitative estimate of drug-likeness (QED) is 0.277. The Hall–Kier alpha value is -4.89. The summed E-state index contributed by atoms with van der Waals surface area (Å²) in [6.07, 6.45) is 4.44. The summed E-state index contributed by atoms with van der Waals surface area (Å²) in [4.78, 5) is 98.6. The van der Waals surface area contributed by atoms with Gasteiger partial charge in [0, 0.05) is 32.6 Å². The van der Waals surface area contributed by atoms with E-state index in [2.05, 4.69) is 16.0 Å². The minimum atomic E-state index is -1.57. The molecule has 0 aliphatic carbocycles. The third-order valence-corrected chi connectivity index (χ3v) is 9.67. The van der Waals surface area contributed by atoms with Crippen molar-refractivity contribution < 1.29 is 47.1 Å². The second-order valence-corrected chi connectivity index (χ2v) is 15.1. The molecule has 4 rings (SSSR count). The van der Waals surface area contributed by atoms with Crippen LogP contribution in [0, 0.1) is 17.0 Å². The number of carbonyl (C=O) groups is 7. The number of nitrogens with one attached hydrogen (secondary N) is 3. The van der Waals surface area contributed by atoms with Gasteiger partial charge in [-0.3, -0.25) is 28.8 Å². The van der Waals surface area contributed by atoms with Crippen LogP contribution in [0.3, 0.4) is 0 Å². The maximum atomic E-state index is 14.2. The molecule has 3 fully saturated rings. The van der Waals surface area contributed by atoms with Crippen LogP contribution >= 0.6 is 0 Å². The second-order valence-electron chi connectivity index (χ2n) is 15.1. The van der Waals surface area contributed by atoms with Crippen molar-refractivity contribution in [3.8, 4) is 0 Å². The number of ether oxygens (including phenoxy) is 1. The largest absolute Gasteiger partial charge is 0.461 e. The van der Waals surface area contributed by atoms with E-state index in [9.17, 15) is 42.3 Å². The van der Waals surface area contributed by atoms with Gasteiger partial charge in [-0.25, -0.2) is 13.6 Å². The molecule has 0 bridgehead atoms. The third-order valence-electron chi connectivity index (χ3n) is 9.67. The molecule has 0 radical (unpaired) electrons. The first-order valence-corrected chi connectivity index (χ1v) is 17.9. The number of carbonyl (C=O) groups excluding carboxylic acids is 7. The van der Waals surface area contributed by atoms with Gasteiger partial charge in [-0.2, -0.15) is 0 Å². The van der Waals surface area contributed by atoms with Gasteiger partial charge in [0.15, 0.2) is 0 Å². The van der Waals surface area contributed by atoms with E-state index in [0.717, 1.165) is 12.1 Å². The van der Waals surface area contributed by atoms with Crippen LogP contribution in [0.5, 0.6) is 0 Å². The van der Waals surface area contributed by atoms with Gasteiger partial charge in [0.1, 0.15) is 54.5 Å². The molecule has 290 valence electrons. The lowest BCUT2D eigenvalue weighted by atomic mass is 9.92. The first-order valence-electron chi connectivity index (χ1n) is 17.9. The zero-order valence-corrected chi connectivity index (χ0v) is 31.1. The zero-order valence-electron chi connectivity index (χ0n) is 31.1. The first-order chi connectivity index (χ1) is 24.9. The van der Waals surface area contributed by atoms with Crippen LogP contribution < -0.4 is 16.0 Å². The highest BCUT2D eigenvalue weighted by atomic mass is 19.1. The van der Waals surface area contributed by atoms with Gasteiger partial charge in [0.05, 0.1) is 0 Å². The molecule has 1 aromatic rings. The maximum Gasteiger partial charge on any atom is 0.328 e. The molecular formula is C37H50F2N6O8. The lowest BCUT2D eigenvalue weighted by Crippen LogP contribution is -2.60. The van der Waals surface area contributed by atoms with Crippen molar-refractivity contribution in [1.29, 1.82) is 0 Å². The molecule has 1 aromatic carbocycles. The predicted molar refractivity (Wildman–Crippen MR) is 187 cm³/mol. The molecule has 3 N–H and O–H groups in total. The van der Waals surface area contributed by atoms with Crippen molar-refractivity contribution in [3.05, 3.63) is 47.5 Å². The van der Waals surface area contributed by atoms with Crippen LogP contribution in [-0.4, -0.2) is 119 Å². The van der Waals surface area contributed by atoms with Crippen molar-refractivity contribution in [3.63, 3.8) is 0 Å². The summed E-state index contributed by atoms with van der Waals surface area (Å²) in [6, 6.07) is -4.40. The van der Waals surface area contributed by atoms with Gasteiger partial charge < -0.3 is 35.4 Å². The number of hydrogen-bond acceptors (Lipinski definition) is 8. The Kier molecular flexibility index (Phi) is 13.3. The van der Waals surface area contributed by atoms with E-state index in [4.69, 9.17) is 4.74 Å². The minimum Gasteiger partial charge on any atom is -0.461 e. The number of halogens is 2. The van der Waals surface area contributed by atoms with Crippen molar-refractivity contribution >= 4 is 41.4 Å². The number of benzene rings is 1. The highest BCUT2D eigenvalue weighted by Gasteiger charge is 2.43. The Morgan fingerprint density at radius 1 is 0.943 bits per heavy atom. The lowest BCUT2D eigenvalue weighted by Gasteiger charge is -2.34. The lowest BCUT2D eigenvalue weighted by molar-refractivity contribution is -0.158. The van der Waals surface area contributed by atoms with Crippen molar-refractivity contribution in [2.24, 2.45) is 5.41 Å². The van der Waals surface area contributed by atoms with E-state index in [0.29, 0.717) is 25.3 Å². The molecule has 0 unspecified atom stereocenters. The monoisotopic (exact) mass is 744 g/mol. The van der Waals surface area contributed by atoms with Crippen LogP contribution in [0.2, 0.25) is 0 Å². The number of hydrogen-bond donors (Lipinski definition) is 3. The number of allylic oxidation sites excluding steroid dienone is 1. The summed E-state index contributed by atoms with van der Waals surface area (Å²) in [7, 11) is 1.42. The minimum absolute atomic E-state index is 0.0454. The number of fused-ring (bicyclic) bond motifs is 2. The van der Waals surface area contributed by atoms with Gasteiger partial charge >= 0.3 is 5.97 Å². The molecule has 6 atom stereocenters. The number of likely N-dealkylation sites (N-methyl/N-ethyl adjacent to an activating group) is 1. The van der Waals surface area contributed by atoms with Crippen LogP contribution in [0.25, 0.3) is 0 Å². The molecule has 3 saturated heterocycles. The summed E-state index contributed by atoms with van der Waals surface area (Å²) < 4.78 is 33.9. The van der Waals surface area contributed by atoms with Crippen molar-refractivity contribution in [2.75, 3.05) is 26.7 Å². The van der Waals surface area contributed by atoms with Gasteiger partial charge in [0.2, 0.25) is 35.4 Å². The second kappa shape index (κ2) is 17.3. The van der Waals surface area contributed by atoms with E-state index in [1.807, 2.05) is 20.8 Å². The molecule has 3 aliphatic heterocycles. The SMILES string of the molecule is C[C@@H]1NC(=O)[C@H](C)N(C)C(=O)[C@@H]2CCCN2C(=O)[C@@H](NC(=O)[C@H](Cc2cc(F)cc(F)c2)NC(=O)/C=C/CC(C)(C)C)COC(=O)[C@@H]2CCCN2C1=O. The van der Waals surface area contributed by atoms with Crippen molar-refractivity contribution in [2.45, 2.75) is 109 Å². The third kappa shape index (κ3) is 10.6. The van der Waals surface area contributed by atoms with Crippen molar-refractivity contribution in [1.82, 2.24) is 30.7 Å². The van der Waals surface area contributed by atoms with Gasteiger partial charge in [-0.1, -0.05) is 26.8 Å². The van der Waals surface area contributed by atoms with Gasteiger partial charge in [0.25, 0.3) is 0 Å². The number of cyclic esters (lactones) is 1. The molecule has 6 amide bonds. The van der Waals surface area contributed by atoms with Gasteiger partial charge in [-0.05, 0) is 75.1 Å². The Labute approximate surface area is 308 Å². The fourth-order valence-corrected chi connectivity index (χ4v) is 6.63. The summed E-state index contributed by atoms with van der Waals surface area (Å²) in [5.74, 6) is -6.67. The van der Waals surface area contributed by atoms with Crippen LogP contribution in [-0.2, 0) is 44.7 Å². The molecular weight excluding hydrogens is 694 g/mol. The Morgan fingerprint density at radius 2 is 1.55 bits per heavy atom. The molecule has 0 saturated carbocycles. The molecule has 16 heteroatoms. The van der Waals surface area contributed by atoms with Gasteiger partial charge in [-0.15, -0.1) is 0 Å². The Bertz CT molecular complexity index is 1610. The predicted octanol–water partition coefficient (Wildman–Crippen LogP) is 1.36. The van der Waals surface area contributed by atoms with E-state index in [1.165, 1.54) is 41.7 Å². The molecule has 3 heterocycles. The highest BCUT2D eigenvalue weighted by molar-refractivity contribution is 5.98. The fourth-order valence-electron chi connectivity index (χ4n) is 6.63. The summed E-state index contributed by atoms with van der Waals surface area (Å²) >= 11 is 0. The molecule has 53 heavy (non-hydrogen) atoms. The van der Waals surface area contributed by atoms with Crippen LogP contribution in [0.4, 0.5) is 8.78 Å². The smallest absolute Gasteiger partial charge is 0.328 e. The molecule has 14 nitrogen and oxygen atoms in total. The fraction of sp³-hybridized carbons (Fsp3) is 0.595. The molecule has 0 aromatic heterocycles. The highest BCUT2D eigenvalue weighted by Crippen LogP contribution is 2.24. The summed E-state index contributed by atoms with van der Waals surface area (Å²) in [6.45, 7) is 8.54. The van der Waals surface area contributed by atoms with E-state index >= 15 is 0 Å². The first kappa shape index (κ1) is 40.9. The number of nitrogens with zero attached hydrogens (tertiary/aromatic N) is 3. The Balaban J connectivity index is 1.67. The maximum absolute atomic E-state index is 14.2. The number of rotatable bonds is 7. The average molecular weight is 745 g/mol. The van der Waals surface area contributed by atoms with E-state index in [-0.39, 0.29) is 43.3 Å². The number of esters is 1. The average Bonchev–Trinajstić information content (AvgIpc) is 3.77. The molecule has 0 spiro atoms. The zero-order chi connectivity index (χ0) is 39.2. The normalized spacial score (nSPS) is 25.5. The van der Waals surface area contributed by atoms with Crippen LogP contribution in [0.15, 0.2) is 30.4 Å². The van der Waals surface area contributed by atoms with Crippen LogP contribution in [0.1, 0.15) is 72.3 Å². The summed E-state index contributed by atoms with van der Waals surface area (Å²) in [5, 5.41) is 7.73.